The average molecular weight is 376 g/mol. The van der Waals surface area contributed by atoms with Crippen LogP contribution < -0.4 is 5.73 Å². The summed E-state index contributed by atoms with van der Waals surface area (Å²) in [6, 6.07) is 10.1. The van der Waals surface area contributed by atoms with E-state index < -0.39 is 0 Å². The van der Waals surface area contributed by atoms with Crippen LogP contribution in [0, 0.1) is 11.8 Å². The van der Waals surface area contributed by atoms with Crippen LogP contribution in [0.1, 0.15) is 38.2 Å². The molecular formula is C21H32N2O4. The molecule has 2 atom stereocenters. The topological polar surface area (TPSA) is 81.9 Å². The minimum Gasteiger partial charge on any atom is -0.369 e. The van der Waals surface area contributed by atoms with Crippen molar-refractivity contribution in [3.8, 4) is 0 Å². The highest BCUT2D eigenvalue weighted by Crippen LogP contribution is 2.24. The van der Waals surface area contributed by atoms with Crippen molar-refractivity contribution in [1.82, 2.24) is 4.90 Å². The monoisotopic (exact) mass is 376 g/mol. The molecule has 6 heteroatoms. The van der Waals surface area contributed by atoms with Gasteiger partial charge in [0.15, 0.2) is 0 Å². The number of likely N-dealkylation sites (tertiary alicyclic amines) is 1. The van der Waals surface area contributed by atoms with E-state index in [1.807, 2.05) is 23.1 Å². The van der Waals surface area contributed by atoms with Gasteiger partial charge in [-0.1, -0.05) is 37.3 Å². The predicted octanol–water partition coefficient (Wildman–Crippen LogP) is 2.36. The molecule has 2 rings (SSSR count). The number of nitrogens with two attached hydrogens (primary N) is 1. The first kappa shape index (κ1) is 21.4. The third kappa shape index (κ3) is 6.96. The third-order valence-electron chi connectivity index (χ3n) is 5.27. The second-order valence-electron chi connectivity index (χ2n) is 7.36. The molecule has 0 aromatic heterocycles. The summed E-state index contributed by atoms with van der Waals surface area (Å²) in [6.45, 7) is 3.45. The van der Waals surface area contributed by atoms with Gasteiger partial charge in [0.2, 0.25) is 11.8 Å². The summed E-state index contributed by atoms with van der Waals surface area (Å²) in [6.07, 6.45) is 3.80. The van der Waals surface area contributed by atoms with E-state index >= 15 is 0 Å². The van der Waals surface area contributed by atoms with Crippen molar-refractivity contribution in [1.29, 1.82) is 0 Å². The number of amides is 2. The zero-order chi connectivity index (χ0) is 19.6. The molecule has 1 aromatic carbocycles. The maximum absolute atomic E-state index is 13.1. The lowest BCUT2D eigenvalue weighted by molar-refractivity contribution is -0.141. The van der Waals surface area contributed by atoms with Gasteiger partial charge < -0.3 is 20.1 Å². The molecule has 6 nitrogen and oxygen atoms in total. The molecule has 150 valence electrons. The molecule has 1 aromatic rings. The van der Waals surface area contributed by atoms with E-state index in [1.165, 1.54) is 5.56 Å². The smallest absolute Gasteiger partial charge is 0.225 e. The van der Waals surface area contributed by atoms with Gasteiger partial charge in [-0.25, -0.2) is 0 Å². The quantitative estimate of drug-likeness (QED) is 0.636. The number of hydrogen-bond acceptors (Lipinski definition) is 4. The van der Waals surface area contributed by atoms with E-state index in [0.29, 0.717) is 19.5 Å². The third-order valence-corrected chi connectivity index (χ3v) is 5.27. The minimum absolute atomic E-state index is 0.129. The Bertz CT molecular complexity index is 585. The Kier molecular flexibility index (Phi) is 8.75. The van der Waals surface area contributed by atoms with Gasteiger partial charge in [-0.3, -0.25) is 9.59 Å². The van der Waals surface area contributed by atoms with Crippen LogP contribution in [0.5, 0.6) is 0 Å². The zero-order valence-electron chi connectivity index (χ0n) is 16.4. The van der Waals surface area contributed by atoms with Crippen LogP contribution in [0.3, 0.4) is 0 Å². The van der Waals surface area contributed by atoms with Crippen molar-refractivity contribution in [2.45, 2.75) is 45.1 Å². The first-order valence-electron chi connectivity index (χ1n) is 9.73. The van der Waals surface area contributed by atoms with Gasteiger partial charge in [-0.2, -0.15) is 0 Å². The van der Waals surface area contributed by atoms with E-state index in [2.05, 4.69) is 12.1 Å². The van der Waals surface area contributed by atoms with E-state index in [-0.39, 0.29) is 36.5 Å². The molecule has 0 spiro atoms. The average Bonchev–Trinajstić information content (AvgIpc) is 2.70. The highest BCUT2D eigenvalue weighted by molar-refractivity contribution is 5.81. The molecule has 27 heavy (non-hydrogen) atoms. The van der Waals surface area contributed by atoms with Gasteiger partial charge in [0.05, 0.1) is 6.10 Å². The fraction of sp³-hybridized carbons (Fsp3) is 0.619. The number of ether oxygens (including phenoxy) is 2. The Morgan fingerprint density at radius 1 is 1.22 bits per heavy atom. The molecule has 2 amide bonds. The first-order chi connectivity index (χ1) is 13.0. The van der Waals surface area contributed by atoms with Gasteiger partial charge >= 0.3 is 0 Å². The van der Waals surface area contributed by atoms with Crippen LogP contribution in [0.15, 0.2) is 30.3 Å². The summed E-state index contributed by atoms with van der Waals surface area (Å²) in [5.74, 6) is -0.718. The van der Waals surface area contributed by atoms with Gasteiger partial charge in [0.1, 0.15) is 6.79 Å². The Morgan fingerprint density at radius 2 is 1.89 bits per heavy atom. The lowest BCUT2D eigenvalue weighted by Gasteiger charge is -2.34. The molecule has 0 saturated carbocycles. The van der Waals surface area contributed by atoms with Gasteiger partial charge in [0.25, 0.3) is 0 Å². The number of rotatable bonds is 10. The van der Waals surface area contributed by atoms with Gasteiger partial charge in [-0.05, 0) is 37.7 Å². The number of nitrogens with zero attached hydrogens (tertiary/aromatic N) is 1. The van der Waals surface area contributed by atoms with Crippen LogP contribution in [-0.4, -0.2) is 49.8 Å². The van der Waals surface area contributed by atoms with Crippen molar-refractivity contribution >= 4 is 11.8 Å². The van der Waals surface area contributed by atoms with Crippen molar-refractivity contribution in [3.63, 3.8) is 0 Å². The largest absolute Gasteiger partial charge is 0.369 e. The summed E-state index contributed by atoms with van der Waals surface area (Å²) < 4.78 is 10.6. The maximum Gasteiger partial charge on any atom is 0.225 e. The van der Waals surface area contributed by atoms with Crippen molar-refractivity contribution in [2.24, 2.45) is 17.6 Å². The van der Waals surface area contributed by atoms with Crippen LogP contribution in [-0.2, 0) is 25.5 Å². The summed E-state index contributed by atoms with van der Waals surface area (Å²) in [7, 11) is 1.61. The molecule has 1 fully saturated rings. The Morgan fingerprint density at radius 3 is 2.48 bits per heavy atom. The number of piperidine rings is 1. The fourth-order valence-electron chi connectivity index (χ4n) is 3.54. The predicted molar refractivity (Wildman–Crippen MR) is 104 cm³/mol. The number of primary amides is 1. The van der Waals surface area contributed by atoms with E-state index in [9.17, 15) is 9.59 Å². The van der Waals surface area contributed by atoms with E-state index in [0.717, 1.165) is 25.7 Å². The molecule has 1 heterocycles. The molecule has 0 radical (unpaired) electrons. The molecule has 1 saturated heterocycles. The van der Waals surface area contributed by atoms with Crippen molar-refractivity contribution in [2.75, 3.05) is 27.0 Å². The van der Waals surface area contributed by atoms with Crippen LogP contribution in [0.25, 0.3) is 0 Å². The Labute approximate surface area is 162 Å². The van der Waals surface area contributed by atoms with Crippen LogP contribution in [0.2, 0.25) is 0 Å². The number of benzene rings is 1. The van der Waals surface area contributed by atoms with Gasteiger partial charge in [-0.15, -0.1) is 0 Å². The molecule has 0 unspecified atom stereocenters. The molecular weight excluding hydrogens is 344 g/mol. The Hall–Kier alpha value is -1.92. The molecule has 0 bridgehead atoms. The van der Waals surface area contributed by atoms with E-state index in [1.54, 1.807) is 14.0 Å². The zero-order valence-corrected chi connectivity index (χ0v) is 16.4. The number of carbonyl (C=O) groups is 2. The second-order valence-corrected chi connectivity index (χ2v) is 7.36. The molecule has 0 aliphatic carbocycles. The summed E-state index contributed by atoms with van der Waals surface area (Å²) in [5.41, 5.74) is 6.65. The fourth-order valence-corrected chi connectivity index (χ4v) is 3.54. The number of methoxy groups -OCH3 is 1. The first-order valence-corrected chi connectivity index (χ1v) is 9.73. The maximum atomic E-state index is 13.1. The second kappa shape index (κ2) is 11.0. The molecule has 1 aliphatic rings. The highest BCUT2D eigenvalue weighted by Gasteiger charge is 2.30. The Balaban J connectivity index is 1.94. The van der Waals surface area contributed by atoms with Crippen LogP contribution >= 0.6 is 0 Å². The summed E-state index contributed by atoms with van der Waals surface area (Å²) in [4.78, 5) is 26.5. The molecule has 1 aliphatic heterocycles. The van der Waals surface area contributed by atoms with E-state index in [4.69, 9.17) is 15.2 Å². The highest BCUT2D eigenvalue weighted by atomic mass is 16.7. The number of aryl methyl sites for hydroxylation is 1. The molecule has 2 N–H and O–H groups in total. The normalized spacial score (nSPS) is 17.5. The number of carbonyl (C=O) groups excluding carboxylic acids is 2. The summed E-state index contributed by atoms with van der Waals surface area (Å²) >= 11 is 0. The minimum atomic E-state index is -0.348. The standard InChI is InChI=1S/C21H32N2O4/c1-16(20(22)24)14-18(9-8-17-6-4-3-5-7-17)21(25)23-12-10-19(11-13-23)27-15-26-2/h3-7,16,18-19H,8-15H2,1-2H3,(H2,22,24)/t16-,18-/m1/s1. The van der Waals surface area contributed by atoms with Gasteiger partial charge in [0, 0.05) is 32.0 Å². The lowest BCUT2D eigenvalue weighted by atomic mass is 9.88. The number of hydrogen-bond donors (Lipinski definition) is 1. The lowest BCUT2D eigenvalue weighted by Crippen LogP contribution is -2.44. The van der Waals surface area contributed by atoms with Crippen LogP contribution in [0.4, 0.5) is 0 Å². The van der Waals surface area contributed by atoms with Crippen molar-refractivity contribution < 1.29 is 19.1 Å². The van der Waals surface area contributed by atoms with Crippen molar-refractivity contribution in [3.05, 3.63) is 35.9 Å². The summed E-state index contributed by atoms with van der Waals surface area (Å²) in [5, 5.41) is 0. The SMILES string of the molecule is COCOC1CCN(C(=O)[C@H](CCc2ccccc2)C[C@@H](C)C(N)=O)CC1.